The van der Waals surface area contributed by atoms with E-state index in [1.54, 1.807) is 26.0 Å². The lowest BCUT2D eigenvalue weighted by Gasteiger charge is -2.39. The molecule has 0 heterocycles. The summed E-state index contributed by atoms with van der Waals surface area (Å²) >= 11 is 0. The summed E-state index contributed by atoms with van der Waals surface area (Å²) in [6.07, 6.45) is -0.351. The number of carboxylic acids is 1. The maximum atomic E-state index is 13.8. The van der Waals surface area contributed by atoms with Crippen molar-refractivity contribution in [2.45, 2.75) is 58.9 Å². The number of aliphatic hydroxyl groups excluding tert-OH is 1. The number of ketones is 4. The van der Waals surface area contributed by atoms with Gasteiger partial charge in [0, 0.05) is 43.9 Å². The van der Waals surface area contributed by atoms with Crippen molar-refractivity contribution in [2.24, 2.45) is 11.8 Å². The molecule has 53 heavy (non-hydrogen) atoms. The number of hydrogen-bond acceptors (Lipinski definition) is 13. The third kappa shape index (κ3) is 9.02. The highest BCUT2D eigenvalue weighted by Gasteiger charge is 2.50. The molecule has 4 aliphatic carbocycles. The number of methoxy groups -OCH3 is 3. The fourth-order valence-corrected chi connectivity index (χ4v) is 6.29. The second-order valence-electron chi connectivity index (χ2n) is 12.0. The van der Waals surface area contributed by atoms with Gasteiger partial charge in [0.25, 0.3) is 7.11 Å². The van der Waals surface area contributed by atoms with Gasteiger partial charge in [0.2, 0.25) is 17.3 Å². The minimum atomic E-state index is -5.19. The van der Waals surface area contributed by atoms with E-state index >= 15 is 0 Å². The number of allylic oxidation sites excluding steroid dienone is 8. The van der Waals surface area contributed by atoms with Gasteiger partial charge in [-0.25, -0.2) is 0 Å². The van der Waals surface area contributed by atoms with Gasteiger partial charge in [-0.15, -0.1) is 0 Å². The molecule has 0 radical (unpaired) electrons. The number of fused-ring (bicyclic) bond motifs is 1. The molecule has 17 heteroatoms. The molecular formula is C36H37F3O14. The van der Waals surface area contributed by atoms with Crippen LogP contribution in [-0.4, -0.2) is 93.0 Å². The second-order valence-corrected chi connectivity index (χ2v) is 12.0. The number of esters is 2. The first kappa shape index (κ1) is 41.7. The Hall–Kier alpha value is -5.74. The third-order valence-corrected chi connectivity index (χ3v) is 8.26. The molecule has 0 aliphatic heterocycles. The highest BCUT2D eigenvalue weighted by Crippen LogP contribution is 2.50. The van der Waals surface area contributed by atoms with Gasteiger partial charge in [0.1, 0.15) is 41.0 Å². The topological polar surface area (TPSA) is 203 Å². The quantitative estimate of drug-likeness (QED) is 0.112. The molecule has 2 unspecified atom stereocenters. The molecule has 4 aliphatic rings. The maximum absolute atomic E-state index is 13.8. The lowest BCUT2D eigenvalue weighted by molar-refractivity contribution is -0.418. The van der Waals surface area contributed by atoms with Gasteiger partial charge in [-0.2, -0.15) is 13.2 Å². The van der Waals surface area contributed by atoms with E-state index in [2.05, 4.69) is 0 Å². The highest BCUT2D eigenvalue weighted by atomic mass is 19.4. The summed E-state index contributed by atoms with van der Waals surface area (Å²) in [6, 6.07) is 0. The van der Waals surface area contributed by atoms with E-state index in [1.165, 1.54) is 54.4 Å². The molecule has 0 saturated carbocycles. The molecule has 0 spiro atoms. The number of carboxylic acid groups (broad SMARTS) is 1. The summed E-state index contributed by atoms with van der Waals surface area (Å²) < 4.78 is 64.8. The summed E-state index contributed by atoms with van der Waals surface area (Å²) in [5.74, 6) is -7.65. The molecular weight excluding hydrogens is 713 g/mol. The first-order valence-corrected chi connectivity index (χ1v) is 15.8. The minimum absolute atomic E-state index is 0.0190. The number of carbonyl (C=O) groups is 6. The van der Waals surface area contributed by atoms with Crippen LogP contribution >= 0.6 is 0 Å². The molecule has 0 amide bonds. The van der Waals surface area contributed by atoms with Crippen LogP contribution in [-0.2, 0) is 56.9 Å². The molecule has 0 aromatic carbocycles. The van der Waals surface area contributed by atoms with Gasteiger partial charge in [-0.3, -0.25) is 28.4 Å². The van der Waals surface area contributed by atoms with Gasteiger partial charge in [0.15, 0.2) is 5.76 Å². The van der Waals surface area contributed by atoms with Crippen LogP contribution in [0.2, 0.25) is 0 Å². The SMILES string of the molecule is COC1=CC(OC)=C2C(=O)C(O)=C(C[C@@H](C)OC(C)=O)C=C2C1C1C(OC)=CC(=[O+]C)C2=C1C=C(C[C@@H](C)OC(C)=O)C(=O)C2=O.O=C([O-])C(F)(F)F. The maximum Gasteiger partial charge on any atom is 0.430 e. The van der Waals surface area contributed by atoms with Crippen LogP contribution in [0.1, 0.15) is 40.5 Å². The number of aliphatic hydroxyl groups is 1. The van der Waals surface area contributed by atoms with Crippen LogP contribution in [0.4, 0.5) is 13.2 Å². The average molecular weight is 751 g/mol. The van der Waals surface area contributed by atoms with Crippen LogP contribution in [0.15, 0.2) is 80.8 Å². The summed E-state index contributed by atoms with van der Waals surface area (Å²) in [4.78, 5) is 72.7. The number of rotatable bonds is 10. The zero-order valence-electron chi connectivity index (χ0n) is 29.9. The van der Waals surface area contributed by atoms with Crippen molar-refractivity contribution < 1.29 is 80.3 Å². The normalized spacial score (nSPS) is 21.9. The van der Waals surface area contributed by atoms with E-state index in [-0.39, 0.29) is 46.7 Å². The second kappa shape index (κ2) is 16.7. The van der Waals surface area contributed by atoms with E-state index < -0.39 is 71.2 Å². The van der Waals surface area contributed by atoms with Crippen LogP contribution < -0.4 is 5.11 Å². The predicted molar refractivity (Wildman–Crippen MR) is 173 cm³/mol. The highest BCUT2D eigenvalue weighted by molar-refractivity contribution is 6.56. The van der Waals surface area contributed by atoms with Gasteiger partial charge >= 0.3 is 23.9 Å². The Morgan fingerprint density at radius 3 is 1.81 bits per heavy atom. The summed E-state index contributed by atoms with van der Waals surface area (Å²) in [6.45, 7) is 5.76. The number of halogens is 3. The molecule has 14 nitrogen and oxygen atoms in total. The van der Waals surface area contributed by atoms with E-state index in [1.807, 2.05) is 0 Å². The van der Waals surface area contributed by atoms with Crippen LogP contribution in [0.3, 0.4) is 0 Å². The standard InChI is InChI=1S/C34H36O12.C2HF3O2/c1-15(45-17(3)35)9-19-11-21-27(23(41-5)13-25(43-7)29(21)33(39)31(19)37)28-22-12-20(10-16(2)46-18(4)36)32(38)34(40)30(22)26(44-8)14-24(28)42-6;3-2(4,5)1(6)7/h11-16,27-28H,9-10H2,1-8H3;(H,6,7)/t15-,16-,27?,28?;/m1./s1. The van der Waals surface area contributed by atoms with Crippen molar-refractivity contribution in [3.8, 4) is 0 Å². The molecule has 4 atom stereocenters. The summed E-state index contributed by atoms with van der Waals surface area (Å²) in [5.41, 5.74) is 1.17. The fraction of sp³-hybridized carbons (Fsp3) is 0.417. The number of carbonyl (C=O) groups excluding carboxylic acids is 7. The molecule has 4 rings (SSSR count). The van der Waals surface area contributed by atoms with Crippen molar-refractivity contribution in [1.82, 2.24) is 0 Å². The lowest BCUT2D eigenvalue weighted by atomic mass is 9.66. The van der Waals surface area contributed by atoms with E-state index in [9.17, 15) is 42.3 Å². The molecule has 0 saturated heterocycles. The summed E-state index contributed by atoms with van der Waals surface area (Å²) in [5, 5.41) is 19.8. The van der Waals surface area contributed by atoms with Crippen LogP contribution in [0.5, 0.6) is 0 Å². The number of ether oxygens (including phenoxy) is 5. The Labute approximate surface area is 301 Å². The average Bonchev–Trinajstić information content (AvgIpc) is 3.06. The number of alkyl halides is 3. The van der Waals surface area contributed by atoms with Crippen molar-refractivity contribution >= 4 is 41.0 Å². The lowest BCUT2D eigenvalue weighted by Crippen LogP contribution is -2.39. The number of aliphatic carboxylic acids is 1. The fourth-order valence-electron chi connectivity index (χ4n) is 6.29. The number of hydrogen-bond donors (Lipinski definition) is 1. The largest absolute Gasteiger partial charge is 0.542 e. The van der Waals surface area contributed by atoms with Gasteiger partial charge in [-0.1, -0.05) is 6.08 Å². The smallest absolute Gasteiger partial charge is 0.430 e. The van der Waals surface area contributed by atoms with Gasteiger partial charge in [0.05, 0.1) is 44.8 Å². The van der Waals surface area contributed by atoms with E-state index in [0.29, 0.717) is 22.7 Å². The first-order chi connectivity index (χ1) is 24.7. The van der Waals surface area contributed by atoms with Crippen molar-refractivity contribution in [2.75, 3.05) is 28.4 Å². The first-order valence-electron chi connectivity index (χ1n) is 15.8. The Balaban J connectivity index is 0.000000980. The van der Waals surface area contributed by atoms with Gasteiger partial charge < -0.3 is 38.7 Å². The Kier molecular flexibility index (Phi) is 13.2. The van der Waals surface area contributed by atoms with Crippen LogP contribution in [0.25, 0.3) is 0 Å². The van der Waals surface area contributed by atoms with Crippen molar-refractivity contribution in [3.05, 3.63) is 80.8 Å². The van der Waals surface area contributed by atoms with Crippen molar-refractivity contribution in [3.63, 3.8) is 0 Å². The van der Waals surface area contributed by atoms with Crippen molar-refractivity contribution in [1.29, 1.82) is 0 Å². The minimum Gasteiger partial charge on any atom is -0.542 e. The van der Waals surface area contributed by atoms with Crippen LogP contribution in [0, 0.1) is 11.8 Å². The summed E-state index contributed by atoms with van der Waals surface area (Å²) in [7, 11) is 5.62. The molecule has 1 N–H and O–H groups in total. The Bertz CT molecular complexity index is 1870. The predicted octanol–water partition coefficient (Wildman–Crippen LogP) is 2.62. The molecule has 0 bridgehead atoms. The zero-order chi connectivity index (χ0) is 40.1. The van der Waals surface area contributed by atoms with E-state index in [0.717, 1.165) is 0 Å². The zero-order valence-corrected chi connectivity index (χ0v) is 29.9. The Morgan fingerprint density at radius 1 is 0.811 bits per heavy atom. The molecule has 0 aromatic heterocycles. The number of Topliss-reactive ketones (excluding diaryl/α,β-unsaturated/α-hetero) is 3. The molecule has 0 aromatic rings. The monoisotopic (exact) mass is 750 g/mol. The third-order valence-electron chi connectivity index (χ3n) is 8.26. The van der Waals surface area contributed by atoms with E-state index in [4.69, 9.17) is 38.0 Å². The van der Waals surface area contributed by atoms with Gasteiger partial charge in [-0.05, 0) is 31.1 Å². The molecule has 286 valence electrons. The Morgan fingerprint density at radius 2 is 1.34 bits per heavy atom. The molecule has 0 fully saturated rings.